The third-order valence-corrected chi connectivity index (χ3v) is 3.51. The summed E-state index contributed by atoms with van der Waals surface area (Å²) in [6.07, 6.45) is 6.25. The molecule has 108 valence electrons. The SMILES string of the molecule is Cc1cc(-c2ccncc2)n2ncnc(CCC(N)N)c12. The van der Waals surface area contributed by atoms with Crippen molar-refractivity contribution in [2.24, 2.45) is 11.5 Å². The molecule has 0 bridgehead atoms. The Balaban J connectivity index is 2.12. The Hall–Kier alpha value is -2.31. The van der Waals surface area contributed by atoms with Gasteiger partial charge < -0.3 is 11.5 Å². The summed E-state index contributed by atoms with van der Waals surface area (Å²) in [4.78, 5) is 8.45. The van der Waals surface area contributed by atoms with E-state index in [0.717, 1.165) is 34.5 Å². The van der Waals surface area contributed by atoms with E-state index in [0.29, 0.717) is 6.42 Å². The maximum Gasteiger partial charge on any atom is 0.136 e. The Bertz CT molecular complexity index is 747. The highest BCUT2D eigenvalue weighted by Gasteiger charge is 2.13. The van der Waals surface area contributed by atoms with Gasteiger partial charge in [-0.05, 0) is 43.5 Å². The number of aromatic nitrogens is 4. The lowest BCUT2D eigenvalue weighted by Crippen LogP contribution is -2.30. The van der Waals surface area contributed by atoms with E-state index in [1.54, 1.807) is 18.7 Å². The predicted molar refractivity (Wildman–Crippen MR) is 81.4 cm³/mol. The standard InChI is InChI=1S/C15H18N6/c1-10-8-13(11-4-6-18-7-5-11)21-15(10)12(19-9-20-21)2-3-14(16)17/h4-9,14H,2-3,16-17H2,1H3. The lowest BCUT2D eigenvalue weighted by atomic mass is 10.1. The van der Waals surface area contributed by atoms with Gasteiger partial charge in [0, 0.05) is 18.0 Å². The van der Waals surface area contributed by atoms with E-state index in [9.17, 15) is 0 Å². The molecule has 0 spiro atoms. The molecule has 0 aliphatic rings. The van der Waals surface area contributed by atoms with Crippen LogP contribution in [0.5, 0.6) is 0 Å². The highest BCUT2D eigenvalue weighted by molar-refractivity contribution is 5.71. The molecule has 0 fully saturated rings. The molecule has 0 aliphatic heterocycles. The first kappa shape index (κ1) is 13.7. The van der Waals surface area contributed by atoms with E-state index in [-0.39, 0.29) is 6.17 Å². The molecule has 6 heteroatoms. The molecule has 0 aliphatic carbocycles. The number of hydrogen-bond acceptors (Lipinski definition) is 5. The van der Waals surface area contributed by atoms with Gasteiger partial charge in [0.1, 0.15) is 6.33 Å². The van der Waals surface area contributed by atoms with Crippen molar-refractivity contribution in [1.82, 2.24) is 19.6 Å². The maximum atomic E-state index is 5.64. The minimum Gasteiger partial charge on any atom is -0.316 e. The van der Waals surface area contributed by atoms with Crippen LogP contribution in [0.3, 0.4) is 0 Å². The molecular weight excluding hydrogens is 264 g/mol. The van der Waals surface area contributed by atoms with Crippen LogP contribution >= 0.6 is 0 Å². The van der Waals surface area contributed by atoms with Crippen LogP contribution in [0, 0.1) is 6.92 Å². The Morgan fingerprint density at radius 3 is 2.71 bits per heavy atom. The quantitative estimate of drug-likeness (QED) is 0.703. The van der Waals surface area contributed by atoms with Crippen molar-refractivity contribution in [1.29, 1.82) is 0 Å². The van der Waals surface area contributed by atoms with Crippen LogP contribution in [0.25, 0.3) is 16.8 Å². The zero-order chi connectivity index (χ0) is 14.8. The molecule has 4 N–H and O–H groups in total. The van der Waals surface area contributed by atoms with E-state index in [4.69, 9.17) is 11.5 Å². The second-order valence-electron chi connectivity index (χ2n) is 5.12. The van der Waals surface area contributed by atoms with Gasteiger partial charge in [-0.2, -0.15) is 5.10 Å². The van der Waals surface area contributed by atoms with E-state index < -0.39 is 0 Å². The topological polar surface area (TPSA) is 95.1 Å². The van der Waals surface area contributed by atoms with Crippen LogP contribution in [0.2, 0.25) is 0 Å². The van der Waals surface area contributed by atoms with Crippen LogP contribution in [0.15, 0.2) is 36.9 Å². The van der Waals surface area contributed by atoms with E-state index in [1.165, 1.54) is 0 Å². The van der Waals surface area contributed by atoms with Gasteiger partial charge >= 0.3 is 0 Å². The van der Waals surface area contributed by atoms with Crippen LogP contribution in [0.1, 0.15) is 17.7 Å². The molecular formula is C15H18N6. The summed E-state index contributed by atoms with van der Waals surface area (Å²) < 4.78 is 1.93. The molecule has 0 saturated heterocycles. The summed E-state index contributed by atoms with van der Waals surface area (Å²) in [5.74, 6) is 0. The smallest absolute Gasteiger partial charge is 0.136 e. The summed E-state index contributed by atoms with van der Waals surface area (Å²) in [5, 5.41) is 4.39. The van der Waals surface area contributed by atoms with Crippen LogP contribution in [-0.4, -0.2) is 25.7 Å². The largest absolute Gasteiger partial charge is 0.316 e. The number of nitrogens with zero attached hydrogens (tertiary/aromatic N) is 4. The Labute approximate surface area is 122 Å². The summed E-state index contributed by atoms with van der Waals surface area (Å²) in [6, 6.07) is 6.06. The Morgan fingerprint density at radius 2 is 2.00 bits per heavy atom. The number of pyridine rings is 1. The molecule has 0 amide bonds. The van der Waals surface area contributed by atoms with E-state index in [1.807, 2.05) is 16.6 Å². The van der Waals surface area contributed by atoms with Crippen LogP contribution in [0.4, 0.5) is 0 Å². The fraction of sp³-hybridized carbons (Fsp3) is 0.267. The van der Waals surface area contributed by atoms with Gasteiger partial charge in [0.25, 0.3) is 0 Å². The molecule has 3 aromatic heterocycles. The second kappa shape index (κ2) is 5.59. The molecule has 0 unspecified atom stereocenters. The predicted octanol–water partition coefficient (Wildman–Crippen LogP) is 1.28. The van der Waals surface area contributed by atoms with Crippen molar-refractivity contribution in [2.75, 3.05) is 0 Å². The van der Waals surface area contributed by atoms with Gasteiger partial charge in [-0.25, -0.2) is 9.50 Å². The van der Waals surface area contributed by atoms with Crippen molar-refractivity contribution in [3.05, 3.63) is 48.2 Å². The number of rotatable bonds is 4. The van der Waals surface area contributed by atoms with Gasteiger partial charge in [0.15, 0.2) is 0 Å². The van der Waals surface area contributed by atoms with E-state index >= 15 is 0 Å². The van der Waals surface area contributed by atoms with Gasteiger partial charge in [-0.15, -0.1) is 0 Å². The molecule has 0 aromatic carbocycles. The lowest BCUT2D eigenvalue weighted by molar-refractivity contribution is 0.631. The molecule has 6 nitrogen and oxygen atoms in total. The number of hydrogen-bond donors (Lipinski definition) is 2. The van der Waals surface area contributed by atoms with Crippen LogP contribution < -0.4 is 11.5 Å². The Kier molecular flexibility index (Phi) is 3.64. The summed E-state index contributed by atoms with van der Waals surface area (Å²) in [5.41, 5.74) is 16.5. The third-order valence-electron chi connectivity index (χ3n) is 3.51. The van der Waals surface area contributed by atoms with E-state index in [2.05, 4.69) is 28.1 Å². The van der Waals surface area contributed by atoms with Crippen molar-refractivity contribution in [2.45, 2.75) is 25.9 Å². The normalized spacial score (nSPS) is 11.4. The zero-order valence-corrected chi connectivity index (χ0v) is 11.9. The van der Waals surface area contributed by atoms with Crippen LogP contribution in [-0.2, 0) is 6.42 Å². The first-order valence-electron chi connectivity index (χ1n) is 6.90. The fourth-order valence-electron chi connectivity index (χ4n) is 2.51. The summed E-state index contributed by atoms with van der Waals surface area (Å²) >= 11 is 0. The van der Waals surface area contributed by atoms with Gasteiger partial charge in [-0.3, -0.25) is 4.98 Å². The van der Waals surface area contributed by atoms with Crippen molar-refractivity contribution >= 4 is 5.52 Å². The highest BCUT2D eigenvalue weighted by Crippen LogP contribution is 2.26. The molecule has 3 heterocycles. The second-order valence-corrected chi connectivity index (χ2v) is 5.12. The fourth-order valence-corrected chi connectivity index (χ4v) is 2.51. The molecule has 0 atom stereocenters. The zero-order valence-electron chi connectivity index (χ0n) is 11.9. The molecule has 21 heavy (non-hydrogen) atoms. The average molecular weight is 282 g/mol. The number of fused-ring (bicyclic) bond motifs is 1. The van der Waals surface area contributed by atoms with Gasteiger partial charge in [0.2, 0.25) is 0 Å². The lowest BCUT2D eigenvalue weighted by Gasteiger charge is -2.07. The van der Waals surface area contributed by atoms with Gasteiger partial charge in [0.05, 0.1) is 23.1 Å². The van der Waals surface area contributed by atoms with Crippen molar-refractivity contribution < 1.29 is 0 Å². The maximum absolute atomic E-state index is 5.64. The first-order chi connectivity index (χ1) is 10.2. The minimum atomic E-state index is -0.324. The molecule has 3 aromatic rings. The van der Waals surface area contributed by atoms with Crippen molar-refractivity contribution in [3.8, 4) is 11.3 Å². The monoisotopic (exact) mass is 282 g/mol. The first-order valence-corrected chi connectivity index (χ1v) is 6.90. The summed E-state index contributed by atoms with van der Waals surface area (Å²) in [6.45, 7) is 2.06. The van der Waals surface area contributed by atoms with Crippen molar-refractivity contribution in [3.63, 3.8) is 0 Å². The molecule has 0 radical (unpaired) electrons. The molecule has 0 saturated carbocycles. The number of aryl methyl sites for hydroxylation is 2. The third kappa shape index (κ3) is 2.63. The number of nitrogens with two attached hydrogens (primary N) is 2. The van der Waals surface area contributed by atoms with Gasteiger partial charge in [-0.1, -0.05) is 0 Å². The average Bonchev–Trinajstić information content (AvgIpc) is 2.84. The molecule has 3 rings (SSSR count). The summed E-state index contributed by atoms with van der Waals surface area (Å²) in [7, 11) is 0. The minimum absolute atomic E-state index is 0.324. The highest BCUT2D eigenvalue weighted by atomic mass is 15.2. The Morgan fingerprint density at radius 1 is 1.24 bits per heavy atom.